The van der Waals surface area contributed by atoms with E-state index in [1.54, 1.807) is 0 Å². The van der Waals surface area contributed by atoms with Crippen molar-refractivity contribution in [2.75, 3.05) is 10.6 Å². The first-order valence-electron chi connectivity index (χ1n) is 9.67. The maximum Gasteiger partial charge on any atom is 0.254 e. The molecule has 0 unspecified atom stereocenters. The van der Waals surface area contributed by atoms with Gasteiger partial charge >= 0.3 is 0 Å². The predicted molar refractivity (Wildman–Crippen MR) is 102 cm³/mol. The summed E-state index contributed by atoms with van der Waals surface area (Å²) in [6.07, 6.45) is 7.89. The molecule has 0 aliphatic heterocycles. The number of amides is 1. The zero-order valence-corrected chi connectivity index (χ0v) is 16.0. The second kappa shape index (κ2) is 7.02. The summed E-state index contributed by atoms with van der Waals surface area (Å²) in [5, 5.41) is 17.2. The van der Waals surface area contributed by atoms with Crippen LogP contribution in [0, 0.1) is 5.92 Å². The molecule has 1 aromatic rings. The van der Waals surface area contributed by atoms with E-state index >= 15 is 0 Å². The molecule has 0 spiro atoms. The van der Waals surface area contributed by atoms with Crippen LogP contribution in [0.5, 0.6) is 0 Å². The van der Waals surface area contributed by atoms with Crippen molar-refractivity contribution in [2.45, 2.75) is 82.9 Å². The molecule has 1 atom stereocenters. The van der Waals surface area contributed by atoms with Gasteiger partial charge in [0.15, 0.2) is 0 Å². The number of hydrogen-bond donors (Lipinski definition) is 4. The number of anilines is 2. The topological polar surface area (TPSA) is 113 Å². The number of hydrogen-bond acceptors (Lipinski definition) is 6. The van der Waals surface area contributed by atoms with Gasteiger partial charge in [-0.05, 0) is 64.7 Å². The molecule has 1 amide bonds. The SMILES string of the molecule is CCC1(O)CCC(C)(Nc2ncc(C(N)=O)c(N[C@H](C)C3CC3)n2)CC1. The van der Waals surface area contributed by atoms with Crippen LogP contribution >= 0.6 is 0 Å². The van der Waals surface area contributed by atoms with Gasteiger partial charge in [-0.3, -0.25) is 4.79 Å². The quantitative estimate of drug-likeness (QED) is 0.594. The molecule has 5 N–H and O–H groups in total. The summed E-state index contributed by atoms with van der Waals surface area (Å²) in [4.78, 5) is 20.6. The Kier molecular flexibility index (Phi) is 5.10. The average molecular weight is 361 g/mol. The maximum absolute atomic E-state index is 11.7. The Balaban J connectivity index is 1.74. The first-order chi connectivity index (χ1) is 12.2. The lowest BCUT2D eigenvalue weighted by atomic mass is 9.74. The molecular weight excluding hydrogens is 330 g/mol. The highest BCUT2D eigenvalue weighted by molar-refractivity contribution is 5.97. The number of aliphatic hydroxyl groups is 1. The van der Waals surface area contributed by atoms with E-state index in [4.69, 9.17) is 5.73 Å². The molecule has 1 heterocycles. The van der Waals surface area contributed by atoms with Crippen LogP contribution in [0.15, 0.2) is 6.20 Å². The van der Waals surface area contributed by atoms with Gasteiger partial charge in [0.25, 0.3) is 5.91 Å². The van der Waals surface area contributed by atoms with Crippen molar-refractivity contribution in [1.29, 1.82) is 0 Å². The molecule has 2 aliphatic rings. The zero-order chi connectivity index (χ0) is 18.9. The van der Waals surface area contributed by atoms with E-state index < -0.39 is 11.5 Å². The molecule has 0 aromatic carbocycles. The van der Waals surface area contributed by atoms with Gasteiger partial charge in [0.1, 0.15) is 5.82 Å². The largest absolute Gasteiger partial charge is 0.390 e. The monoisotopic (exact) mass is 361 g/mol. The second-order valence-corrected chi connectivity index (χ2v) is 8.35. The fourth-order valence-corrected chi connectivity index (χ4v) is 3.68. The van der Waals surface area contributed by atoms with Gasteiger partial charge in [-0.25, -0.2) is 4.98 Å². The molecule has 2 saturated carbocycles. The van der Waals surface area contributed by atoms with Gasteiger partial charge < -0.3 is 21.5 Å². The third-order valence-electron chi connectivity index (χ3n) is 6.10. The van der Waals surface area contributed by atoms with Crippen LogP contribution in [-0.4, -0.2) is 38.2 Å². The molecule has 7 heteroatoms. The summed E-state index contributed by atoms with van der Waals surface area (Å²) in [5.41, 5.74) is 5.07. The first kappa shape index (κ1) is 18.9. The number of carbonyl (C=O) groups excluding carboxylic acids is 1. The summed E-state index contributed by atoms with van der Waals surface area (Å²) >= 11 is 0. The van der Waals surface area contributed by atoms with Crippen LogP contribution in [0.25, 0.3) is 0 Å². The number of rotatable bonds is 7. The molecule has 2 fully saturated rings. The summed E-state index contributed by atoms with van der Waals surface area (Å²) in [5.74, 6) is 1.09. The highest BCUT2D eigenvalue weighted by Gasteiger charge is 2.38. The first-order valence-corrected chi connectivity index (χ1v) is 9.67. The van der Waals surface area contributed by atoms with E-state index in [0.717, 1.165) is 32.1 Å². The fourth-order valence-electron chi connectivity index (χ4n) is 3.68. The molecule has 26 heavy (non-hydrogen) atoms. The van der Waals surface area contributed by atoms with E-state index in [1.807, 2.05) is 6.92 Å². The molecule has 1 aromatic heterocycles. The molecule has 144 valence electrons. The highest BCUT2D eigenvalue weighted by atomic mass is 16.3. The molecule has 7 nitrogen and oxygen atoms in total. The van der Waals surface area contributed by atoms with Gasteiger partial charge in [-0.15, -0.1) is 0 Å². The smallest absolute Gasteiger partial charge is 0.254 e. The zero-order valence-electron chi connectivity index (χ0n) is 16.0. The Morgan fingerprint density at radius 1 is 1.38 bits per heavy atom. The standard InChI is InChI=1S/C19H31N5O2/c1-4-19(26)9-7-18(3,8-10-19)24-17-21-11-14(15(20)25)16(23-17)22-12(2)13-5-6-13/h11-13,26H,4-10H2,1-3H3,(H2,20,25)(H2,21,22,23,24)/t12-,18?,19?/m1/s1. The van der Waals surface area contributed by atoms with E-state index in [9.17, 15) is 9.90 Å². The highest BCUT2D eigenvalue weighted by Crippen LogP contribution is 2.38. The van der Waals surface area contributed by atoms with Gasteiger partial charge in [0.05, 0.1) is 11.2 Å². The van der Waals surface area contributed by atoms with E-state index in [2.05, 4.69) is 34.4 Å². The fraction of sp³-hybridized carbons (Fsp3) is 0.737. The Labute approximate surface area is 155 Å². The minimum atomic E-state index is -0.551. The van der Waals surface area contributed by atoms with Gasteiger partial charge in [-0.1, -0.05) is 6.92 Å². The molecular formula is C19H31N5O2. The summed E-state index contributed by atoms with van der Waals surface area (Å²) in [6.45, 7) is 6.26. The minimum absolute atomic E-state index is 0.172. The van der Waals surface area contributed by atoms with Crippen LogP contribution in [0.2, 0.25) is 0 Å². The van der Waals surface area contributed by atoms with Crippen molar-refractivity contribution in [1.82, 2.24) is 9.97 Å². The van der Waals surface area contributed by atoms with Crippen molar-refractivity contribution >= 4 is 17.7 Å². The summed E-state index contributed by atoms with van der Waals surface area (Å²) < 4.78 is 0. The second-order valence-electron chi connectivity index (χ2n) is 8.35. The van der Waals surface area contributed by atoms with Crippen molar-refractivity contribution in [3.05, 3.63) is 11.8 Å². The number of nitrogens with one attached hydrogen (secondary N) is 2. The van der Waals surface area contributed by atoms with Crippen LogP contribution < -0.4 is 16.4 Å². The predicted octanol–water partition coefficient (Wildman–Crippen LogP) is 2.67. The minimum Gasteiger partial charge on any atom is -0.390 e. The lowest BCUT2D eigenvalue weighted by Gasteiger charge is -2.42. The average Bonchev–Trinajstić information content (AvgIpc) is 3.43. The Morgan fingerprint density at radius 3 is 2.58 bits per heavy atom. The lowest BCUT2D eigenvalue weighted by Crippen LogP contribution is -2.45. The van der Waals surface area contributed by atoms with Crippen LogP contribution in [-0.2, 0) is 0 Å². The number of primary amides is 1. The Hall–Kier alpha value is -1.89. The molecule has 3 rings (SSSR count). The third kappa shape index (κ3) is 4.26. The molecule has 0 radical (unpaired) electrons. The van der Waals surface area contributed by atoms with Crippen molar-refractivity contribution in [3.8, 4) is 0 Å². The Bertz CT molecular complexity index is 666. The molecule has 0 bridgehead atoms. The molecule has 2 aliphatic carbocycles. The number of aromatic nitrogens is 2. The normalized spacial score (nSPS) is 29.8. The summed E-state index contributed by atoms with van der Waals surface area (Å²) in [6, 6.07) is 0.251. The third-order valence-corrected chi connectivity index (χ3v) is 6.10. The van der Waals surface area contributed by atoms with E-state index in [-0.39, 0.29) is 11.6 Å². The van der Waals surface area contributed by atoms with Gasteiger partial charge in [-0.2, -0.15) is 4.98 Å². The maximum atomic E-state index is 11.7. The van der Waals surface area contributed by atoms with E-state index in [0.29, 0.717) is 23.2 Å². The van der Waals surface area contributed by atoms with Crippen molar-refractivity contribution in [2.24, 2.45) is 11.7 Å². The lowest BCUT2D eigenvalue weighted by molar-refractivity contribution is -0.0127. The van der Waals surface area contributed by atoms with Crippen LogP contribution in [0.4, 0.5) is 11.8 Å². The number of nitrogens with two attached hydrogens (primary N) is 1. The Morgan fingerprint density at radius 2 is 2.04 bits per heavy atom. The van der Waals surface area contributed by atoms with Crippen molar-refractivity contribution < 1.29 is 9.90 Å². The van der Waals surface area contributed by atoms with Crippen LogP contribution in [0.3, 0.4) is 0 Å². The molecule has 0 saturated heterocycles. The van der Waals surface area contributed by atoms with E-state index in [1.165, 1.54) is 19.0 Å². The number of nitrogens with zero attached hydrogens (tertiary/aromatic N) is 2. The van der Waals surface area contributed by atoms with Crippen molar-refractivity contribution in [3.63, 3.8) is 0 Å². The van der Waals surface area contributed by atoms with Gasteiger partial charge in [0, 0.05) is 17.8 Å². The number of carbonyl (C=O) groups is 1. The van der Waals surface area contributed by atoms with Gasteiger partial charge in [0.2, 0.25) is 5.95 Å². The van der Waals surface area contributed by atoms with Crippen LogP contribution in [0.1, 0.15) is 76.1 Å². The summed E-state index contributed by atoms with van der Waals surface area (Å²) in [7, 11) is 0.